The van der Waals surface area contributed by atoms with Crippen LogP contribution < -0.4 is 5.73 Å². The number of hydrogen-bond donors (Lipinski definition) is 1. The van der Waals surface area contributed by atoms with Gasteiger partial charge in [-0.05, 0) is 17.7 Å². The van der Waals surface area contributed by atoms with Crippen LogP contribution in [-0.2, 0) is 6.18 Å². The average Bonchev–Trinajstić information content (AvgIpc) is 2.13. The first-order valence-electron chi connectivity index (χ1n) is 4.04. The van der Waals surface area contributed by atoms with E-state index in [4.69, 9.17) is 5.73 Å². The third kappa shape index (κ3) is 2.53. The standard InChI is InChI=1S/C9H6F5NS/c10-5-1-4(7(15)3-16)2-6(11)8(5)9(12,13)14/h1-3,7H,15H2. The smallest absolute Gasteiger partial charge is 0.320 e. The van der Waals surface area contributed by atoms with Crippen LogP contribution in [0, 0.1) is 11.6 Å². The molecular formula is C9H6F5NS. The van der Waals surface area contributed by atoms with Crippen molar-refractivity contribution in [2.75, 3.05) is 0 Å². The lowest BCUT2D eigenvalue weighted by atomic mass is 10.1. The molecule has 0 saturated heterocycles. The molecule has 16 heavy (non-hydrogen) atoms. The lowest BCUT2D eigenvalue weighted by Crippen LogP contribution is -2.16. The van der Waals surface area contributed by atoms with Crippen LogP contribution in [-0.4, -0.2) is 5.37 Å². The van der Waals surface area contributed by atoms with Crippen molar-refractivity contribution in [1.82, 2.24) is 0 Å². The Morgan fingerprint density at radius 3 is 1.94 bits per heavy atom. The Balaban J connectivity index is 3.34. The van der Waals surface area contributed by atoms with E-state index >= 15 is 0 Å². The molecule has 1 nitrogen and oxygen atoms in total. The molecule has 1 aromatic carbocycles. The number of nitrogens with two attached hydrogens (primary N) is 1. The molecular weight excluding hydrogens is 249 g/mol. The van der Waals surface area contributed by atoms with Gasteiger partial charge in [0.2, 0.25) is 0 Å². The van der Waals surface area contributed by atoms with Crippen LogP contribution in [0.15, 0.2) is 12.1 Å². The molecule has 0 heterocycles. The van der Waals surface area contributed by atoms with Gasteiger partial charge in [0.1, 0.15) is 17.2 Å². The largest absolute Gasteiger partial charge is 0.422 e. The number of halogens is 5. The Kier molecular flexibility index (Phi) is 3.59. The summed E-state index contributed by atoms with van der Waals surface area (Å²) < 4.78 is 62.6. The highest BCUT2D eigenvalue weighted by Crippen LogP contribution is 2.34. The van der Waals surface area contributed by atoms with E-state index in [2.05, 4.69) is 12.2 Å². The third-order valence-corrected chi connectivity index (χ3v) is 2.17. The minimum Gasteiger partial charge on any atom is -0.320 e. The van der Waals surface area contributed by atoms with Crippen LogP contribution >= 0.6 is 12.2 Å². The molecule has 0 bridgehead atoms. The van der Waals surface area contributed by atoms with Crippen LogP contribution in [0.2, 0.25) is 0 Å². The molecule has 88 valence electrons. The third-order valence-electron chi connectivity index (χ3n) is 1.88. The molecule has 0 saturated carbocycles. The maximum absolute atomic E-state index is 13.0. The van der Waals surface area contributed by atoms with Gasteiger partial charge in [-0.15, -0.1) is 0 Å². The molecule has 1 rings (SSSR count). The van der Waals surface area contributed by atoms with E-state index in [0.717, 1.165) is 5.37 Å². The Labute approximate surface area is 93.1 Å². The zero-order chi connectivity index (χ0) is 12.5. The summed E-state index contributed by atoms with van der Waals surface area (Å²) >= 11 is 4.43. The summed E-state index contributed by atoms with van der Waals surface area (Å²) in [6.07, 6.45) is -5.07. The SMILES string of the molecule is NC(C=S)c1cc(F)c(C(F)(F)F)c(F)c1. The number of alkyl halides is 3. The summed E-state index contributed by atoms with van der Waals surface area (Å²) in [6.45, 7) is 0. The quantitative estimate of drug-likeness (QED) is 0.649. The highest BCUT2D eigenvalue weighted by molar-refractivity contribution is 7.79. The van der Waals surface area contributed by atoms with E-state index in [0.29, 0.717) is 12.1 Å². The second-order valence-electron chi connectivity index (χ2n) is 3.02. The summed E-state index contributed by atoms with van der Waals surface area (Å²) in [5.41, 5.74) is 3.25. The first kappa shape index (κ1) is 13.0. The monoisotopic (exact) mass is 255 g/mol. The number of thiocarbonyl (C=S) groups is 1. The fraction of sp³-hybridized carbons (Fsp3) is 0.222. The molecule has 1 unspecified atom stereocenters. The van der Waals surface area contributed by atoms with E-state index in [-0.39, 0.29) is 5.56 Å². The second kappa shape index (κ2) is 4.42. The van der Waals surface area contributed by atoms with E-state index in [1.54, 1.807) is 0 Å². The van der Waals surface area contributed by atoms with Gasteiger partial charge in [-0.2, -0.15) is 13.2 Å². The minimum atomic E-state index is -5.07. The number of hydrogen-bond acceptors (Lipinski definition) is 2. The zero-order valence-electron chi connectivity index (χ0n) is 7.68. The molecule has 1 aromatic rings. The van der Waals surface area contributed by atoms with Gasteiger partial charge >= 0.3 is 6.18 Å². The normalized spacial score (nSPS) is 13.6. The highest BCUT2D eigenvalue weighted by Gasteiger charge is 2.38. The van der Waals surface area contributed by atoms with Crippen LogP contribution in [0.1, 0.15) is 17.2 Å². The molecule has 0 radical (unpaired) electrons. The van der Waals surface area contributed by atoms with Gasteiger partial charge in [0.15, 0.2) is 0 Å². The first-order valence-corrected chi connectivity index (χ1v) is 4.51. The van der Waals surface area contributed by atoms with E-state index in [1.807, 2.05) is 0 Å². The summed E-state index contributed by atoms with van der Waals surface area (Å²) in [4.78, 5) is 0. The van der Waals surface area contributed by atoms with E-state index < -0.39 is 29.4 Å². The predicted octanol–water partition coefficient (Wildman–Crippen LogP) is 2.98. The van der Waals surface area contributed by atoms with E-state index in [9.17, 15) is 22.0 Å². The summed E-state index contributed by atoms with van der Waals surface area (Å²) in [5.74, 6) is -3.40. The number of rotatable bonds is 2. The van der Waals surface area contributed by atoms with Gasteiger partial charge in [0.05, 0.1) is 6.04 Å². The molecule has 0 aliphatic rings. The number of benzene rings is 1. The summed E-state index contributed by atoms with van der Waals surface area (Å²) in [5, 5.41) is 1.00. The zero-order valence-corrected chi connectivity index (χ0v) is 8.50. The Morgan fingerprint density at radius 1 is 1.19 bits per heavy atom. The Bertz CT molecular complexity index is 392. The topological polar surface area (TPSA) is 26.0 Å². The van der Waals surface area contributed by atoms with Crippen molar-refractivity contribution in [1.29, 1.82) is 0 Å². The summed E-state index contributed by atoms with van der Waals surface area (Å²) in [7, 11) is 0. The minimum absolute atomic E-state index is 0.141. The molecule has 0 aliphatic heterocycles. The van der Waals surface area contributed by atoms with Gasteiger partial charge in [-0.3, -0.25) is 0 Å². The highest BCUT2D eigenvalue weighted by atomic mass is 32.1. The molecule has 1 atom stereocenters. The fourth-order valence-corrected chi connectivity index (χ4v) is 1.29. The van der Waals surface area contributed by atoms with Crippen LogP contribution in [0.3, 0.4) is 0 Å². The maximum atomic E-state index is 13.0. The molecule has 0 fully saturated rings. The second-order valence-corrected chi connectivity index (χ2v) is 3.29. The van der Waals surface area contributed by atoms with Gasteiger partial charge in [0, 0.05) is 5.37 Å². The van der Waals surface area contributed by atoms with Crippen molar-refractivity contribution in [3.63, 3.8) is 0 Å². The lowest BCUT2D eigenvalue weighted by Gasteiger charge is -2.12. The van der Waals surface area contributed by atoms with Crippen molar-refractivity contribution < 1.29 is 22.0 Å². The molecule has 0 amide bonds. The van der Waals surface area contributed by atoms with Gasteiger partial charge < -0.3 is 5.73 Å². The summed E-state index contributed by atoms with van der Waals surface area (Å²) in [6, 6.07) is 0.0694. The van der Waals surface area contributed by atoms with Crippen molar-refractivity contribution in [2.45, 2.75) is 12.2 Å². The Morgan fingerprint density at radius 2 is 1.62 bits per heavy atom. The Hall–Kier alpha value is -1.08. The van der Waals surface area contributed by atoms with Crippen LogP contribution in [0.25, 0.3) is 0 Å². The van der Waals surface area contributed by atoms with Gasteiger partial charge in [-0.1, -0.05) is 12.2 Å². The molecule has 7 heteroatoms. The van der Waals surface area contributed by atoms with Crippen molar-refractivity contribution >= 4 is 17.6 Å². The van der Waals surface area contributed by atoms with E-state index in [1.165, 1.54) is 0 Å². The van der Waals surface area contributed by atoms with Crippen molar-refractivity contribution in [2.24, 2.45) is 5.73 Å². The fourth-order valence-electron chi connectivity index (χ4n) is 1.13. The molecule has 0 aliphatic carbocycles. The van der Waals surface area contributed by atoms with Crippen molar-refractivity contribution in [3.8, 4) is 0 Å². The van der Waals surface area contributed by atoms with Gasteiger partial charge in [0.25, 0.3) is 0 Å². The lowest BCUT2D eigenvalue weighted by molar-refractivity contribution is -0.142. The van der Waals surface area contributed by atoms with Crippen LogP contribution in [0.4, 0.5) is 22.0 Å². The average molecular weight is 255 g/mol. The molecule has 0 aromatic heterocycles. The first-order chi connectivity index (χ1) is 7.27. The maximum Gasteiger partial charge on any atom is 0.422 e. The predicted molar refractivity (Wildman–Crippen MR) is 51.9 cm³/mol. The van der Waals surface area contributed by atoms with Crippen molar-refractivity contribution in [3.05, 3.63) is 34.9 Å². The van der Waals surface area contributed by atoms with Crippen LogP contribution in [0.5, 0.6) is 0 Å². The molecule has 2 N–H and O–H groups in total. The molecule has 0 spiro atoms. The van der Waals surface area contributed by atoms with Gasteiger partial charge in [-0.25, -0.2) is 8.78 Å².